The van der Waals surface area contributed by atoms with Crippen molar-refractivity contribution in [1.29, 1.82) is 0 Å². The van der Waals surface area contributed by atoms with Crippen LogP contribution < -0.4 is 0 Å². The molecule has 1 aromatic rings. The van der Waals surface area contributed by atoms with E-state index in [0.717, 1.165) is 50.9 Å². The fourth-order valence-electron chi connectivity index (χ4n) is 1.84. The summed E-state index contributed by atoms with van der Waals surface area (Å²) in [6.07, 6.45) is 4.78. The smallest absolute Gasteiger partial charge is 0.126 e. The van der Waals surface area contributed by atoms with Gasteiger partial charge in [-0.3, -0.25) is 0 Å². The van der Waals surface area contributed by atoms with E-state index in [2.05, 4.69) is 0 Å². The second kappa shape index (κ2) is 9.06. The van der Waals surface area contributed by atoms with Gasteiger partial charge in [0.25, 0.3) is 0 Å². The van der Waals surface area contributed by atoms with Gasteiger partial charge in [0.2, 0.25) is 0 Å². The fraction of sp³-hybridized carbons (Fsp3) is 0.600. The van der Waals surface area contributed by atoms with E-state index in [4.69, 9.17) is 9.84 Å². The van der Waals surface area contributed by atoms with Crippen LogP contribution in [-0.2, 0) is 11.2 Å². The van der Waals surface area contributed by atoms with Gasteiger partial charge >= 0.3 is 0 Å². The van der Waals surface area contributed by atoms with E-state index in [1.165, 1.54) is 6.07 Å². The second-order valence-electron chi connectivity index (χ2n) is 4.58. The predicted octanol–water partition coefficient (Wildman–Crippen LogP) is 3.25. The van der Waals surface area contributed by atoms with E-state index in [1.807, 2.05) is 12.1 Å². The highest BCUT2D eigenvalue weighted by Gasteiger charge is 1.99. The van der Waals surface area contributed by atoms with Crippen molar-refractivity contribution in [2.45, 2.75) is 39.0 Å². The minimum atomic E-state index is -0.140. The lowest BCUT2D eigenvalue weighted by Gasteiger charge is -2.05. The summed E-state index contributed by atoms with van der Waals surface area (Å²) in [7, 11) is 0. The molecule has 2 nitrogen and oxygen atoms in total. The van der Waals surface area contributed by atoms with Crippen LogP contribution >= 0.6 is 0 Å². The summed E-state index contributed by atoms with van der Waals surface area (Å²) >= 11 is 0. The van der Waals surface area contributed by atoms with Gasteiger partial charge in [0.15, 0.2) is 0 Å². The first-order valence-corrected chi connectivity index (χ1v) is 6.67. The standard InChI is InChI=1S/C15H23FO2/c1-13-12-14(7-8-15(13)16)6-5-11-18-10-4-2-3-9-17/h7-8,12,17H,2-6,9-11H2,1H3. The normalized spacial score (nSPS) is 10.8. The zero-order chi connectivity index (χ0) is 13.2. The Morgan fingerprint density at radius 2 is 1.89 bits per heavy atom. The van der Waals surface area contributed by atoms with Crippen molar-refractivity contribution >= 4 is 0 Å². The molecule has 0 heterocycles. The lowest BCUT2D eigenvalue weighted by atomic mass is 10.1. The van der Waals surface area contributed by atoms with Crippen LogP contribution in [0.4, 0.5) is 4.39 Å². The highest BCUT2D eigenvalue weighted by atomic mass is 19.1. The number of hydrogen-bond acceptors (Lipinski definition) is 2. The number of aryl methyl sites for hydroxylation is 2. The molecule has 0 bridgehead atoms. The third-order valence-electron chi connectivity index (χ3n) is 2.92. The van der Waals surface area contributed by atoms with Crippen molar-refractivity contribution in [3.8, 4) is 0 Å². The summed E-state index contributed by atoms with van der Waals surface area (Å²) in [6, 6.07) is 5.26. The van der Waals surface area contributed by atoms with Crippen LogP contribution in [0.5, 0.6) is 0 Å². The Kier molecular flexibility index (Phi) is 7.62. The maximum absolute atomic E-state index is 13.0. The predicted molar refractivity (Wildman–Crippen MR) is 71.2 cm³/mol. The Hall–Kier alpha value is -0.930. The zero-order valence-corrected chi connectivity index (χ0v) is 11.1. The number of rotatable bonds is 9. The van der Waals surface area contributed by atoms with Crippen molar-refractivity contribution in [1.82, 2.24) is 0 Å². The fourth-order valence-corrected chi connectivity index (χ4v) is 1.84. The topological polar surface area (TPSA) is 29.5 Å². The summed E-state index contributed by atoms with van der Waals surface area (Å²) in [5.41, 5.74) is 1.87. The van der Waals surface area contributed by atoms with Crippen LogP contribution in [0.1, 0.15) is 36.8 Å². The molecular formula is C15H23FO2. The Morgan fingerprint density at radius 1 is 1.11 bits per heavy atom. The minimum absolute atomic E-state index is 0.140. The Morgan fingerprint density at radius 3 is 2.61 bits per heavy atom. The van der Waals surface area contributed by atoms with E-state index < -0.39 is 0 Å². The van der Waals surface area contributed by atoms with E-state index in [-0.39, 0.29) is 12.4 Å². The molecule has 1 N–H and O–H groups in total. The maximum Gasteiger partial charge on any atom is 0.126 e. The number of aliphatic hydroxyl groups is 1. The van der Waals surface area contributed by atoms with Crippen molar-refractivity contribution in [3.63, 3.8) is 0 Å². The molecule has 3 heteroatoms. The number of halogens is 1. The van der Waals surface area contributed by atoms with Gasteiger partial charge in [0.05, 0.1) is 0 Å². The van der Waals surface area contributed by atoms with E-state index in [9.17, 15) is 4.39 Å². The van der Waals surface area contributed by atoms with Gasteiger partial charge in [0, 0.05) is 19.8 Å². The van der Waals surface area contributed by atoms with Crippen molar-refractivity contribution in [3.05, 3.63) is 35.1 Å². The van der Waals surface area contributed by atoms with Crippen LogP contribution in [0.2, 0.25) is 0 Å². The maximum atomic E-state index is 13.0. The van der Waals surface area contributed by atoms with Crippen LogP contribution in [-0.4, -0.2) is 24.9 Å². The van der Waals surface area contributed by atoms with Crippen molar-refractivity contribution in [2.75, 3.05) is 19.8 Å². The van der Waals surface area contributed by atoms with Crippen LogP contribution in [0, 0.1) is 12.7 Å². The first-order valence-electron chi connectivity index (χ1n) is 6.67. The van der Waals surface area contributed by atoms with Gasteiger partial charge in [-0.2, -0.15) is 0 Å². The highest BCUT2D eigenvalue weighted by Crippen LogP contribution is 2.11. The Labute approximate surface area is 109 Å². The Balaban J connectivity index is 2.05. The van der Waals surface area contributed by atoms with Crippen LogP contribution in [0.25, 0.3) is 0 Å². The number of unbranched alkanes of at least 4 members (excludes halogenated alkanes) is 2. The molecule has 102 valence electrons. The molecule has 0 spiro atoms. The quantitative estimate of drug-likeness (QED) is 0.685. The third-order valence-corrected chi connectivity index (χ3v) is 2.92. The Bertz CT molecular complexity index is 339. The number of benzene rings is 1. The molecule has 0 unspecified atom stereocenters. The number of hydrogen-bond donors (Lipinski definition) is 1. The summed E-state index contributed by atoms with van der Waals surface area (Å²) in [6.45, 7) is 3.57. The van der Waals surface area contributed by atoms with Gasteiger partial charge in [-0.15, -0.1) is 0 Å². The zero-order valence-electron chi connectivity index (χ0n) is 11.1. The highest BCUT2D eigenvalue weighted by molar-refractivity contribution is 5.23. The molecule has 18 heavy (non-hydrogen) atoms. The SMILES string of the molecule is Cc1cc(CCCOCCCCCO)ccc1F. The van der Waals surface area contributed by atoms with Gasteiger partial charge in [-0.1, -0.05) is 12.1 Å². The second-order valence-corrected chi connectivity index (χ2v) is 4.58. The van der Waals surface area contributed by atoms with E-state index in [1.54, 1.807) is 6.92 Å². The van der Waals surface area contributed by atoms with E-state index in [0.29, 0.717) is 5.56 Å². The monoisotopic (exact) mass is 254 g/mol. The summed E-state index contributed by atoms with van der Waals surface area (Å²) in [5, 5.41) is 8.61. The van der Waals surface area contributed by atoms with Crippen LogP contribution in [0.3, 0.4) is 0 Å². The first-order chi connectivity index (χ1) is 8.74. The summed E-state index contributed by atoms with van der Waals surface area (Å²) < 4.78 is 18.5. The molecule has 0 atom stereocenters. The third kappa shape index (κ3) is 6.12. The molecule has 0 fully saturated rings. The van der Waals surface area contributed by atoms with Gasteiger partial charge in [-0.25, -0.2) is 4.39 Å². The molecule has 0 aliphatic carbocycles. The first kappa shape index (κ1) is 15.1. The molecule has 0 aromatic heterocycles. The van der Waals surface area contributed by atoms with Gasteiger partial charge in [-0.05, 0) is 56.2 Å². The average molecular weight is 254 g/mol. The van der Waals surface area contributed by atoms with Crippen molar-refractivity contribution in [2.24, 2.45) is 0 Å². The molecule has 0 saturated carbocycles. The van der Waals surface area contributed by atoms with Crippen molar-refractivity contribution < 1.29 is 14.2 Å². The minimum Gasteiger partial charge on any atom is -0.396 e. The lowest BCUT2D eigenvalue weighted by Crippen LogP contribution is -1.99. The molecule has 1 rings (SSSR count). The molecule has 0 aliphatic rings. The molecular weight excluding hydrogens is 231 g/mol. The molecule has 1 aromatic carbocycles. The lowest BCUT2D eigenvalue weighted by molar-refractivity contribution is 0.126. The summed E-state index contributed by atoms with van der Waals surface area (Å²) in [5.74, 6) is -0.140. The van der Waals surface area contributed by atoms with Gasteiger partial charge < -0.3 is 9.84 Å². The van der Waals surface area contributed by atoms with Crippen LogP contribution in [0.15, 0.2) is 18.2 Å². The molecule has 0 aliphatic heterocycles. The average Bonchev–Trinajstić information content (AvgIpc) is 2.37. The number of ether oxygens (including phenoxy) is 1. The van der Waals surface area contributed by atoms with Gasteiger partial charge in [0.1, 0.15) is 5.82 Å². The largest absolute Gasteiger partial charge is 0.396 e. The van der Waals surface area contributed by atoms with E-state index >= 15 is 0 Å². The molecule has 0 amide bonds. The molecule has 0 radical (unpaired) electrons. The molecule has 0 saturated heterocycles. The summed E-state index contributed by atoms with van der Waals surface area (Å²) in [4.78, 5) is 0. The number of aliphatic hydroxyl groups excluding tert-OH is 1.